The molecular weight excluding hydrogens is 272 g/mol. The maximum atomic E-state index is 11.6. The molecule has 8 heteroatoms. The van der Waals surface area contributed by atoms with Crippen molar-refractivity contribution in [1.29, 1.82) is 0 Å². The summed E-state index contributed by atoms with van der Waals surface area (Å²) in [4.78, 5) is 24.7. The number of nitrogens with zero attached hydrogens (tertiary/aromatic N) is 1. The molecule has 3 amide bonds. The van der Waals surface area contributed by atoms with E-state index in [-0.39, 0.29) is 31.0 Å². The molecule has 0 radical (unpaired) electrons. The molecule has 1 rings (SSSR count). The predicted octanol–water partition coefficient (Wildman–Crippen LogP) is -0.920. The van der Waals surface area contributed by atoms with E-state index in [1.165, 1.54) is 6.08 Å². The Morgan fingerprint density at radius 1 is 1.53 bits per heavy atom. The van der Waals surface area contributed by atoms with Crippen molar-refractivity contribution in [2.75, 3.05) is 39.3 Å². The van der Waals surface area contributed by atoms with Crippen LogP contribution >= 0.6 is 12.4 Å². The molecule has 0 bridgehead atoms. The molecule has 110 valence electrons. The van der Waals surface area contributed by atoms with Crippen molar-refractivity contribution in [3.8, 4) is 0 Å². The lowest BCUT2D eigenvalue weighted by Gasteiger charge is -2.31. The zero-order valence-electron chi connectivity index (χ0n) is 10.8. The van der Waals surface area contributed by atoms with Gasteiger partial charge in [0.1, 0.15) is 0 Å². The Hall–Kier alpha value is -1.15. The van der Waals surface area contributed by atoms with E-state index < -0.39 is 6.03 Å². The van der Waals surface area contributed by atoms with Gasteiger partial charge in [0.2, 0.25) is 5.91 Å². The third-order valence-corrected chi connectivity index (χ3v) is 2.51. The molecule has 1 fully saturated rings. The zero-order valence-corrected chi connectivity index (χ0v) is 11.6. The first-order valence-electron chi connectivity index (χ1n) is 5.88. The second-order valence-electron chi connectivity index (χ2n) is 4.01. The van der Waals surface area contributed by atoms with Crippen molar-refractivity contribution >= 4 is 24.3 Å². The van der Waals surface area contributed by atoms with Crippen LogP contribution in [0.5, 0.6) is 0 Å². The fraction of sp³-hybridized carbons (Fsp3) is 0.636. The molecule has 0 spiro atoms. The molecule has 1 aliphatic rings. The Morgan fingerprint density at radius 2 is 2.26 bits per heavy atom. The molecule has 0 aromatic rings. The number of carbonyl (C=O) groups excluding carboxylic acids is 2. The van der Waals surface area contributed by atoms with Gasteiger partial charge >= 0.3 is 6.03 Å². The van der Waals surface area contributed by atoms with Crippen molar-refractivity contribution in [3.05, 3.63) is 12.7 Å². The van der Waals surface area contributed by atoms with Crippen molar-refractivity contribution in [2.45, 2.75) is 6.10 Å². The number of hydrogen-bond acceptors (Lipinski definition) is 5. The Kier molecular flexibility index (Phi) is 9.15. The van der Waals surface area contributed by atoms with Gasteiger partial charge < -0.3 is 15.8 Å². The summed E-state index contributed by atoms with van der Waals surface area (Å²) < 4.78 is 5.38. The lowest BCUT2D eigenvalue weighted by Crippen LogP contribution is -2.50. The Labute approximate surface area is 118 Å². The molecular formula is C11H21ClN4O3. The average molecular weight is 293 g/mol. The topological polar surface area (TPSA) is 96.7 Å². The average Bonchev–Trinajstić information content (AvgIpc) is 2.36. The van der Waals surface area contributed by atoms with Gasteiger partial charge in [0.15, 0.2) is 0 Å². The van der Waals surface area contributed by atoms with Crippen molar-refractivity contribution in [2.24, 2.45) is 5.73 Å². The monoisotopic (exact) mass is 292 g/mol. The first-order chi connectivity index (χ1) is 8.65. The number of ether oxygens (including phenoxy) is 1. The summed E-state index contributed by atoms with van der Waals surface area (Å²) in [6, 6.07) is -0.511. The third kappa shape index (κ3) is 7.12. The number of amides is 3. The summed E-state index contributed by atoms with van der Waals surface area (Å²) in [5.74, 6) is -0.339. The van der Waals surface area contributed by atoms with Gasteiger partial charge in [-0.1, -0.05) is 6.08 Å². The number of morpholine rings is 1. The van der Waals surface area contributed by atoms with Crippen LogP contribution in [0.4, 0.5) is 4.79 Å². The van der Waals surface area contributed by atoms with E-state index in [0.717, 1.165) is 0 Å². The Balaban J connectivity index is 0.00000324. The molecule has 4 N–H and O–H groups in total. The van der Waals surface area contributed by atoms with Gasteiger partial charge in [0.05, 0.1) is 19.3 Å². The summed E-state index contributed by atoms with van der Waals surface area (Å²) in [6.45, 7) is 6.21. The van der Waals surface area contributed by atoms with Crippen molar-refractivity contribution < 1.29 is 14.3 Å². The zero-order chi connectivity index (χ0) is 13.4. The number of rotatable bonds is 5. The van der Waals surface area contributed by atoms with Crippen LogP contribution in [0, 0.1) is 0 Å². The van der Waals surface area contributed by atoms with Gasteiger partial charge in [-0.3, -0.25) is 15.0 Å². The summed E-state index contributed by atoms with van der Waals surface area (Å²) in [5, 5.41) is 4.71. The fourth-order valence-electron chi connectivity index (χ4n) is 1.64. The van der Waals surface area contributed by atoms with Crippen LogP contribution in [-0.4, -0.2) is 62.3 Å². The first-order valence-corrected chi connectivity index (χ1v) is 5.88. The molecule has 1 saturated heterocycles. The van der Waals surface area contributed by atoms with E-state index in [9.17, 15) is 9.59 Å². The minimum absolute atomic E-state index is 0. The number of carbonyl (C=O) groups is 2. The largest absolute Gasteiger partial charge is 0.374 e. The van der Waals surface area contributed by atoms with E-state index in [4.69, 9.17) is 10.5 Å². The van der Waals surface area contributed by atoms with Crippen LogP contribution in [0.1, 0.15) is 0 Å². The number of imide groups is 1. The van der Waals surface area contributed by atoms with E-state index in [1.807, 2.05) is 4.90 Å². The van der Waals surface area contributed by atoms with Crippen LogP contribution in [0.25, 0.3) is 0 Å². The molecule has 1 atom stereocenters. The number of urea groups is 1. The number of nitrogens with one attached hydrogen (secondary N) is 2. The van der Waals surface area contributed by atoms with E-state index in [2.05, 4.69) is 17.2 Å². The minimum atomic E-state index is -0.511. The molecule has 0 aromatic heterocycles. The molecule has 0 aromatic carbocycles. The molecule has 7 nitrogen and oxygen atoms in total. The van der Waals surface area contributed by atoms with Gasteiger partial charge in [0, 0.05) is 26.2 Å². The Morgan fingerprint density at radius 3 is 2.89 bits per heavy atom. The second-order valence-corrected chi connectivity index (χ2v) is 4.01. The van der Waals surface area contributed by atoms with Crippen LogP contribution in [-0.2, 0) is 9.53 Å². The highest BCUT2D eigenvalue weighted by Crippen LogP contribution is 2.02. The SMILES string of the molecule is C=CCNC(=O)NC(=O)CN1CCOC(CN)C1.Cl. The summed E-state index contributed by atoms with van der Waals surface area (Å²) in [5.41, 5.74) is 5.51. The van der Waals surface area contributed by atoms with E-state index in [0.29, 0.717) is 32.8 Å². The Bertz CT molecular complexity index is 314. The van der Waals surface area contributed by atoms with Gasteiger partial charge in [-0.25, -0.2) is 4.79 Å². The normalized spacial score (nSPS) is 19.1. The quantitative estimate of drug-likeness (QED) is 0.570. The number of halogens is 1. The van der Waals surface area contributed by atoms with Crippen molar-refractivity contribution in [1.82, 2.24) is 15.5 Å². The molecule has 1 heterocycles. The van der Waals surface area contributed by atoms with Crippen LogP contribution in [0.15, 0.2) is 12.7 Å². The predicted molar refractivity (Wildman–Crippen MR) is 74.2 cm³/mol. The summed E-state index contributed by atoms with van der Waals surface area (Å²) >= 11 is 0. The molecule has 0 saturated carbocycles. The maximum absolute atomic E-state index is 11.6. The molecule has 1 unspecified atom stereocenters. The van der Waals surface area contributed by atoms with E-state index in [1.54, 1.807) is 0 Å². The molecule has 19 heavy (non-hydrogen) atoms. The summed E-state index contributed by atoms with van der Waals surface area (Å²) in [6.07, 6.45) is 1.50. The highest BCUT2D eigenvalue weighted by atomic mass is 35.5. The fourth-order valence-corrected chi connectivity index (χ4v) is 1.64. The number of nitrogens with two attached hydrogens (primary N) is 1. The van der Waals surface area contributed by atoms with Gasteiger partial charge in [0.25, 0.3) is 0 Å². The van der Waals surface area contributed by atoms with Gasteiger partial charge in [-0.05, 0) is 0 Å². The third-order valence-electron chi connectivity index (χ3n) is 2.51. The molecule has 0 aliphatic carbocycles. The standard InChI is InChI=1S/C11H20N4O3.ClH/c1-2-3-13-11(17)14-10(16)8-15-4-5-18-9(6-12)7-15;/h2,9H,1,3-8,12H2,(H2,13,14,16,17);1H. The minimum Gasteiger partial charge on any atom is -0.374 e. The van der Waals surface area contributed by atoms with Crippen LogP contribution in [0.3, 0.4) is 0 Å². The lowest BCUT2D eigenvalue weighted by atomic mass is 10.2. The van der Waals surface area contributed by atoms with Gasteiger partial charge in [-0.2, -0.15) is 0 Å². The highest BCUT2D eigenvalue weighted by Gasteiger charge is 2.21. The van der Waals surface area contributed by atoms with Crippen LogP contribution < -0.4 is 16.4 Å². The first kappa shape index (κ1) is 17.8. The highest BCUT2D eigenvalue weighted by molar-refractivity contribution is 5.95. The van der Waals surface area contributed by atoms with Crippen LogP contribution in [0.2, 0.25) is 0 Å². The van der Waals surface area contributed by atoms with Gasteiger partial charge in [-0.15, -0.1) is 19.0 Å². The second kappa shape index (κ2) is 9.74. The van der Waals surface area contributed by atoms with E-state index >= 15 is 0 Å². The number of hydrogen-bond donors (Lipinski definition) is 3. The molecule has 1 aliphatic heterocycles. The maximum Gasteiger partial charge on any atom is 0.321 e. The smallest absolute Gasteiger partial charge is 0.321 e. The summed E-state index contributed by atoms with van der Waals surface area (Å²) in [7, 11) is 0. The van der Waals surface area contributed by atoms with Crippen molar-refractivity contribution in [3.63, 3.8) is 0 Å². The lowest BCUT2D eigenvalue weighted by molar-refractivity contribution is -0.123.